The van der Waals surface area contributed by atoms with E-state index in [1.54, 1.807) is 0 Å². The predicted molar refractivity (Wildman–Crippen MR) is 86.5 cm³/mol. The van der Waals surface area contributed by atoms with Crippen molar-refractivity contribution in [1.82, 2.24) is 0 Å². The van der Waals surface area contributed by atoms with Crippen LogP contribution in [0, 0.1) is 0 Å². The molecule has 0 aromatic heterocycles. The fraction of sp³-hybridized carbons (Fsp3) is 0.812. The molecule has 0 aromatic carbocycles. The van der Waals surface area contributed by atoms with E-state index in [1.807, 2.05) is 27.7 Å². The normalized spacial score (nSPS) is 20.1. The van der Waals surface area contributed by atoms with Crippen LogP contribution < -0.4 is 0 Å². The standard InChI is InChI=1S/C16H30O4Si/c1-10(2)18-13-12(17)14(15(13)19-11(3)4)20-21(8,9)16(5,6)7/h10-11,14H,1-9H3. The van der Waals surface area contributed by atoms with Crippen molar-refractivity contribution in [3.05, 3.63) is 11.5 Å². The topological polar surface area (TPSA) is 44.8 Å². The van der Waals surface area contributed by atoms with E-state index in [1.165, 1.54) is 0 Å². The summed E-state index contributed by atoms with van der Waals surface area (Å²) in [7, 11) is -2.03. The van der Waals surface area contributed by atoms with E-state index >= 15 is 0 Å². The number of hydrogen-bond acceptors (Lipinski definition) is 4. The number of Topliss-reactive ketones (excluding diaryl/α,β-unsaturated/α-hetero) is 1. The van der Waals surface area contributed by atoms with Crippen LogP contribution in [0.1, 0.15) is 48.5 Å². The van der Waals surface area contributed by atoms with Crippen molar-refractivity contribution >= 4 is 14.1 Å². The molecule has 1 aliphatic carbocycles. The molecule has 0 amide bonds. The molecule has 5 heteroatoms. The van der Waals surface area contributed by atoms with Gasteiger partial charge >= 0.3 is 0 Å². The van der Waals surface area contributed by atoms with Crippen LogP contribution in [0.3, 0.4) is 0 Å². The lowest BCUT2D eigenvalue weighted by Gasteiger charge is -2.42. The van der Waals surface area contributed by atoms with Gasteiger partial charge in [-0.05, 0) is 45.8 Å². The van der Waals surface area contributed by atoms with Crippen LogP contribution in [0.15, 0.2) is 11.5 Å². The Morgan fingerprint density at radius 3 is 1.86 bits per heavy atom. The fourth-order valence-electron chi connectivity index (χ4n) is 1.70. The molecule has 0 spiro atoms. The zero-order chi connectivity index (χ0) is 16.6. The molecule has 122 valence electrons. The average Bonchev–Trinajstić information content (AvgIpc) is 2.29. The van der Waals surface area contributed by atoms with Crippen molar-refractivity contribution in [3.8, 4) is 0 Å². The third kappa shape index (κ3) is 4.10. The van der Waals surface area contributed by atoms with Crippen molar-refractivity contribution in [3.63, 3.8) is 0 Å². The second-order valence-electron chi connectivity index (χ2n) is 7.65. The summed E-state index contributed by atoms with van der Waals surface area (Å²) in [4.78, 5) is 12.3. The van der Waals surface area contributed by atoms with Gasteiger partial charge in [0.05, 0.1) is 12.2 Å². The van der Waals surface area contributed by atoms with Crippen LogP contribution >= 0.6 is 0 Å². The van der Waals surface area contributed by atoms with Crippen LogP contribution in [-0.2, 0) is 18.7 Å². The molecule has 0 radical (unpaired) electrons. The molecule has 1 atom stereocenters. The summed E-state index contributed by atoms with van der Waals surface area (Å²) in [5.41, 5.74) is 0. The summed E-state index contributed by atoms with van der Waals surface area (Å²) in [6.45, 7) is 18.4. The first kappa shape index (κ1) is 18.2. The predicted octanol–water partition coefficient (Wildman–Crippen LogP) is 4.02. The Bertz CT molecular complexity index is 430. The first-order valence-electron chi connectivity index (χ1n) is 7.66. The van der Waals surface area contributed by atoms with E-state index in [-0.39, 0.29) is 23.0 Å². The quantitative estimate of drug-likeness (QED) is 0.695. The minimum Gasteiger partial charge on any atom is -0.488 e. The maximum absolute atomic E-state index is 12.3. The zero-order valence-corrected chi connectivity index (χ0v) is 15.9. The van der Waals surface area contributed by atoms with Crippen molar-refractivity contribution in [2.24, 2.45) is 0 Å². The van der Waals surface area contributed by atoms with Crippen LogP contribution in [0.25, 0.3) is 0 Å². The molecule has 0 aliphatic heterocycles. The molecule has 1 aliphatic rings. The minimum absolute atomic E-state index is 0.00984. The second-order valence-corrected chi connectivity index (χ2v) is 12.4. The van der Waals surface area contributed by atoms with E-state index in [9.17, 15) is 4.79 Å². The number of hydrogen-bond donors (Lipinski definition) is 0. The van der Waals surface area contributed by atoms with E-state index < -0.39 is 14.4 Å². The highest BCUT2D eigenvalue weighted by atomic mass is 28.4. The lowest BCUT2D eigenvalue weighted by Crippen LogP contribution is -2.52. The smallest absolute Gasteiger partial charge is 0.236 e. The highest BCUT2D eigenvalue weighted by molar-refractivity contribution is 6.74. The lowest BCUT2D eigenvalue weighted by molar-refractivity contribution is -0.134. The van der Waals surface area contributed by atoms with Gasteiger partial charge in [0.25, 0.3) is 0 Å². The monoisotopic (exact) mass is 314 g/mol. The van der Waals surface area contributed by atoms with Gasteiger partial charge in [0, 0.05) is 0 Å². The first-order chi connectivity index (χ1) is 9.36. The Hall–Kier alpha value is -0.813. The van der Waals surface area contributed by atoms with E-state index in [0.29, 0.717) is 11.5 Å². The summed E-state index contributed by atoms with van der Waals surface area (Å²) >= 11 is 0. The highest BCUT2D eigenvalue weighted by Crippen LogP contribution is 2.41. The molecule has 0 bridgehead atoms. The van der Waals surface area contributed by atoms with Crippen molar-refractivity contribution in [2.45, 2.75) is 84.9 Å². The van der Waals surface area contributed by atoms with Crippen LogP contribution in [0.5, 0.6) is 0 Å². The largest absolute Gasteiger partial charge is 0.488 e. The number of carbonyl (C=O) groups excluding carboxylic acids is 1. The zero-order valence-electron chi connectivity index (χ0n) is 14.9. The average molecular weight is 314 g/mol. The van der Waals surface area contributed by atoms with Gasteiger partial charge in [-0.2, -0.15) is 0 Å². The SMILES string of the molecule is CC(C)OC1=C(OC(C)C)C(O[Si](C)(C)C(C)(C)C)C1=O. The third-order valence-corrected chi connectivity index (χ3v) is 8.30. The summed E-state index contributed by atoms with van der Waals surface area (Å²) in [5, 5.41) is 0.0465. The van der Waals surface area contributed by atoms with Gasteiger partial charge in [-0.1, -0.05) is 20.8 Å². The maximum Gasteiger partial charge on any atom is 0.236 e. The second kappa shape index (κ2) is 6.13. The fourth-order valence-corrected chi connectivity index (χ4v) is 2.86. The Kier molecular flexibility index (Phi) is 5.32. The van der Waals surface area contributed by atoms with Gasteiger partial charge in [0.2, 0.25) is 11.5 Å². The first-order valence-corrected chi connectivity index (χ1v) is 10.6. The van der Waals surface area contributed by atoms with Crippen molar-refractivity contribution in [2.75, 3.05) is 0 Å². The molecule has 0 saturated carbocycles. The molecule has 1 rings (SSSR count). The van der Waals surface area contributed by atoms with Crippen LogP contribution in [0.2, 0.25) is 18.1 Å². The Labute approximate surface area is 130 Å². The molecular formula is C16H30O4Si. The molecule has 1 unspecified atom stereocenters. The summed E-state index contributed by atoms with van der Waals surface area (Å²) in [5.74, 6) is 0.806. The lowest BCUT2D eigenvalue weighted by atomic mass is 9.99. The van der Waals surface area contributed by atoms with Gasteiger partial charge in [0.1, 0.15) is 0 Å². The number of ether oxygens (including phenoxy) is 2. The molecule has 0 N–H and O–H groups in total. The Balaban J connectivity index is 2.98. The van der Waals surface area contributed by atoms with Gasteiger partial charge < -0.3 is 13.9 Å². The van der Waals surface area contributed by atoms with E-state index in [4.69, 9.17) is 13.9 Å². The van der Waals surface area contributed by atoms with Crippen LogP contribution in [0.4, 0.5) is 0 Å². The van der Waals surface area contributed by atoms with Crippen molar-refractivity contribution in [1.29, 1.82) is 0 Å². The molecule has 0 heterocycles. The minimum atomic E-state index is -2.03. The van der Waals surface area contributed by atoms with Gasteiger partial charge in [-0.25, -0.2) is 0 Å². The van der Waals surface area contributed by atoms with Gasteiger partial charge in [-0.3, -0.25) is 4.79 Å². The maximum atomic E-state index is 12.3. The summed E-state index contributed by atoms with van der Waals surface area (Å²) in [6.07, 6.45) is -0.657. The van der Waals surface area contributed by atoms with E-state index in [0.717, 1.165) is 0 Å². The molecule has 4 nitrogen and oxygen atoms in total. The summed E-state index contributed by atoms with van der Waals surface area (Å²) < 4.78 is 17.6. The third-order valence-electron chi connectivity index (χ3n) is 3.86. The molecule has 21 heavy (non-hydrogen) atoms. The molecule has 0 fully saturated rings. The number of rotatable bonds is 6. The van der Waals surface area contributed by atoms with Gasteiger partial charge in [0.15, 0.2) is 20.2 Å². The molecular weight excluding hydrogens is 284 g/mol. The Morgan fingerprint density at radius 2 is 1.48 bits per heavy atom. The number of ketones is 1. The summed E-state index contributed by atoms with van der Waals surface area (Å²) in [6, 6.07) is 0. The van der Waals surface area contributed by atoms with Crippen LogP contribution in [-0.4, -0.2) is 32.4 Å². The number of carbonyl (C=O) groups is 1. The van der Waals surface area contributed by atoms with E-state index in [2.05, 4.69) is 33.9 Å². The van der Waals surface area contributed by atoms with Crippen molar-refractivity contribution < 1.29 is 18.7 Å². The highest BCUT2D eigenvalue weighted by Gasteiger charge is 2.50. The molecule has 0 saturated heterocycles. The Morgan fingerprint density at radius 1 is 1.00 bits per heavy atom. The van der Waals surface area contributed by atoms with Gasteiger partial charge in [-0.15, -0.1) is 0 Å². The molecule has 0 aromatic rings.